The zero-order chi connectivity index (χ0) is 14.5. The van der Waals surface area contributed by atoms with Crippen LogP contribution < -0.4 is 10.6 Å². The molecular formula is C14H11BrCl2N2O. The first-order valence-electron chi connectivity index (χ1n) is 5.79. The van der Waals surface area contributed by atoms with Crippen LogP contribution in [-0.4, -0.2) is 12.5 Å². The van der Waals surface area contributed by atoms with Gasteiger partial charge in [-0.1, -0.05) is 35.3 Å². The lowest BCUT2D eigenvalue weighted by Gasteiger charge is -2.10. The third-order valence-corrected chi connectivity index (χ3v) is 3.76. The van der Waals surface area contributed by atoms with E-state index in [4.69, 9.17) is 23.2 Å². The Kier molecular flexibility index (Phi) is 5.29. The Labute approximate surface area is 135 Å². The van der Waals surface area contributed by atoms with E-state index in [0.717, 1.165) is 10.2 Å². The first-order valence-corrected chi connectivity index (χ1v) is 7.34. The normalized spacial score (nSPS) is 10.2. The molecule has 0 saturated heterocycles. The Hall–Kier alpha value is -1.23. The molecule has 2 aromatic carbocycles. The Balaban J connectivity index is 1.94. The van der Waals surface area contributed by atoms with Crippen molar-refractivity contribution in [3.63, 3.8) is 0 Å². The van der Waals surface area contributed by atoms with Gasteiger partial charge in [-0.2, -0.15) is 0 Å². The third-order valence-electron chi connectivity index (χ3n) is 2.52. The molecule has 0 aliphatic rings. The van der Waals surface area contributed by atoms with Crippen molar-refractivity contribution < 1.29 is 4.79 Å². The van der Waals surface area contributed by atoms with E-state index >= 15 is 0 Å². The average Bonchev–Trinajstić information content (AvgIpc) is 2.41. The molecule has 0 aromatic heterocycles. The summed E-state index contributed by atoms with van der Waals surface area (Å²) in [5, 5.41) is 6.69. The second-order valence-electron chi connectivity index (χ2n) is 4.01. The molecule has 0 atom stereocenters. The number of hydrogen-bond acceptors (Lipinski definition) is 2. The molecule has 0 saturated carbocycles. The van der Waals surface area contributed by atoms with Crippen molar-refractivity contribution >= 4 is 56.4 Å². The number of nitrogens with one attached hydrogen (secondary N) is 2. The molecule has 20 heavy (non-hydrogen) atoms. The molecule has 104 valence electrons. The van der Waals surface area contributed by atoms with Gasteiger partial charge < -0.3 is 10.6 Å². The van der Waals surface area contributed by atoms with E-state index in [-0.39, 0.29) is 12.5 Å². The molecule has 1 amide bonds. The number of anilines is 2. The van der Waals surface area contributed by atoms with E-state index in [1.165, 1.54) is 0 Å². The van der Waals surface area contributed by atoms with E-state index < -0.39 is 0 Å². The molecule has 0 unspecified atom stereocenters. The van der Waals surface area contributed by atoms with E-state index in [9.17, 15) is 4.79 Å². The predicted molar refractivity (Wildman–Crippen MR) is 87.7 cm³/mol. The minimum absolute atomic E-state index is 0.140. The number of hydrogen-bond donors (Lipinski definition) is 2. The quantitative estimate of drug-likeness (QED) is 0.807. The monoisotopic (exact) mass is 372 g/mol. The van der Waals surface area contributed by atoms with E-state index in [1.807, 2.05) is 24.3 Å². The summed E-state index contributed by atoms with van der Waals surface area (Å²) in [6.07, 6.45) is 0. The van der Waals surface area contributed by atoms with E-state index in [2.05, 4.69) is 26.6 Å². The zero-order valence-corrected chi connectivity index (χ0v) is 13.4. The lowest BCUT2D eigenvalue weighted by atomic mass is 10.3. The van der Waals surface area contributed by atoms with Gasteiger partial charge in [0.15, 0.2) is 0 Å². The van der Waals surface area contributed by atoms with Gasteiger partial charge in [0.05, 0.1) is 17.3 Å². The summed E-state index contributed by atoms with van der Waals surface area (Å²) in [5.41, 5.74) is 1.39. The molecule has 0 bridgehead atoms. The fraction of sp³-hybridized carbons (Fsp3) is 0.0714. The highest BCUT2D eigenvalue weighted by Gasteiger charge is 2.07. The van der Waals surface area contributed by atoms with E-state index in [1.54, 1.807) is 18.2 Å². The van der Waals surface area contributed by atoms with Gasteiger partial charge in [0.25, 0.3) is 0 Å². The molecule has 0 heterocycles. The van der Waals surface area contributed by atoms with Crippen LogP contribution in [0.2, 0.25) is 10.0 Å². The van der Waals surface area contributed by atoms with Gasteiger partial charge >= 0.3 is 0 Å². The summed E-state index contributed by atoms with van der Waals surface area (Å²) in [7, 11) is 0. The minimum atomic E-state index is -0.190. The number of rotatable bonds is 4. The average molecular weight is 374 g/mol. The topological polar surface area (TPSA) is 41.1 Å². The summed E-state index contributed by atoms with van der Waals surface area (Å²) in [6.45, 7) is 0.140. The van der Waals surface area contributed by atoms with Crippen molar-refractivity contribution in [3.05, 3.63) is 57.0 Å². The van der Waals surface area contributed by atoms with Gasteiger partial charge in [-0.15, -0.1) is 0 Å². The maximum Gasteiger partial charge on any atom is 0.243 e. The summed E-state index contributed by atoms with van der Waals surface area (Å²) >= 11 is 15.2. The summed E-state index contributed by atoms with van der Waals surface area (Å²) in [6, 6.07) is 12.5. The van der Waals surface area contributed by atoms with Crippen LogP contribution in [0.3, 0.4) is 0 Å². The Morgan fingerprint density at radius 3 is 2.55 bits per heavy atom. The maximum absolute atomic E-state index is 11.9. The van der Waals surface area contributed by atoms with Crippen LogP contribution in [0, 0.1) is 0 Å². The van der Waals surface area contributed by atoms with Crippen LogP contribution >= 0.6 is 39.1 Å². The van der Waals surface area contributed by atoms with Crippen molar-refractivity contribution in [1.29, 1.82) is 0 Å². The molecule has 0 radical (unpaired) electrons. The van der Waals surface area contributed by atoms with Crippen molar-refractivity contribution in [2.24, 2.45) is 0 Å². The highest BCUT2D eigenvalue weighted by atomic mass is 79.9. The van der Waals surface area contributed by atoms with Crippen molar-refractivity contribution in [1.82, 2.24) is 0 Å². The fourth-order valence-corrected chi connectivity index (χ4v) is 2.45. The van der Waals surface area contributed by atoms with Crippen molar-refractivity contribution in [2.45, 2.75) is 0 Å². The molecule has 0 fully saturated rings. The van der Waals surface area contributed by atoms with Crippen molar-refractivity contribution in [2.75, 3.05) is 17.2 Å². The predicted octanol–water partition coefficient (Wildman–Crippen LogP) is 4.81. The second kappa shape index (κ2) is 6.97. The molecule has 2 aromatic rings. The standard InChI is InChI=1S/C14H11BrCl2N2O/c15-10-3-1-2-4-12(10)18-8-14(20)19-13-6-5-9(16)7-11(13)17/h1-7,18H,8H2,(H,19,20). The van der Waals surface area contributed by atoms with Gasteiger partial charge in [-0.25, -0.2) is 0 Å². The molecule has 2 N–H and O–H groups in total. The Morgan fingerprint density at radius 1 is 1.10 bits per heavy atom. The lowest BCUT2D eigenvalue weighted by Crippen LogP contribution is -2.22. The summed E-state index contributed by atoms with van der Waals surface area (Å²) in [5.74, 6) is -0.190. The number of carbonyl (C=O) groups excluding carboxylic acids is 1. The largest absolute Gasteiger partial charge is 0.375 e. The first kappa shape index (κ1) is 15.2. The summed E-state index contributed by atoms with van der Waals surface area (Å²) < 4.78 is 0.900. The Bertz CT molecular complexity index is 634. The number of halogens is 3. The lowest BCUT2D eigenvalue weighted by molar-refractivity contribution is -0.114. The first-order chi connectivity index (χ1) is 9.56. The van der Waals surface area contributed by atoms with Gasteiger partial charge in [0, 0.05) is 15.2 Å². The number of carbonyl (C=O) groups is 1. The molecule has 0 aliphatic carbocycles. The second-order valence-corrected chi connectivity index (χ2v) is 5.70. The molecule has 2 rings (SSSR count). The number of amides is 1. The van der Waals surface area contributed by atoms with Crippen LogP contribution in [0.5, 0.6) is 0 Å². The van der Waals surface area contributed by atoms with Crippen LogP contribution in [0.1, 0.15) is 0 Å². The Morgan fingerprint density at radius 2 is 1.85 bits per heavy atom. The highest BCUT2D eigenvalue weighted by molar-refractivity contribution is 9.10. The third kappa shape index (κ3) is 4.13. The zero-order valence-electron chi connectivity index (χ0n) is 10.3. The molecule has 3 nitrogen and oxygen atoms in total. The maximum atomic E-state index is 11.9. The van der Waals surface area contributed by atoms with E-state index in [0.29, 0.717) is 15.7 Å². The fourth-order valence-electron chi connectivity index (χ4n) is 1.57. The van der Waals surface area contributed by atoms with Gasteiger partial charge in [-0.3, -0.25) is 4.79 Å². The minimum Gasteiger partial charge on any atom is -0.375 e. The smallest absolute Gasteiger partial charge is 0.243 e. The molecule has 6 heteroatoms. The van der Waals surface area contributed by atoms with Gasteiger partial charge in [0.1, 0.15) is 0 Å². The SMILES string of the molecule is O=C(CNc1ccccc1Br)Nc1ccc(Cl)cc1Cl. The van der Waals surface area contributed by atoms with Crippen LogP contribution in [0.15, 0.2) is 46.9 Å². The number of benzene rings is 2. The number of para-hydroxylation sites is 1. The van der Waals surface area contributed by atoms with Crippen LogP contribution in [0.25, 0.3) is 0 Å². The molecular weight excluding hydrogens is 363 g/mol. The van der Waals surface area contributed by atoms with Gasteiger partial charge in [0.2, 0.25) is 5.91 Å². The van der Waals surface area contributed by atoms with Crippen LogP contribution in [-0.2, 0) is 4.79 Å². The summed E-state index contributed by atoms with van der Waals surface area (Å²) in [4.78, 5) is 11.9. The van der Waals surface area contributed by atoms with Crippen molar-refractivity contribution in [3.8, 4) is 0 Å². The van der Waals surface area contributed by atoms with Crippen LogP contribution in [0.4, 0.5) is 11.4 Å². The molecule has 0 spiro atoms. The molecule has 0 aliphatic heterocycles. The highest BCUT2D eigenvalue weighted by Crippen LogP contribution is 2.25. The van der Waals surface area contributed by atoms with Gasteiger partial charge in [-0.05, 0) is 46.3 Å².